The molecule has 0 aromatic carbocycles. The largest absolute Gasteiger partial charge is 0.369 e. The second kappa shape index (κ2) is 6.02. The van der Waals surface area contributed by atoms with Gasteiger partial charge >= 0.3 is 0 Å². The molecule has 21 heavy (non-hydrogen) atoms. The molecule has 3 rings (SSSR count). The Morgan fingerprint density at radius 2 is 2.24 bits per heavy atom. The molecule has 0 amide bonds. The number of nitrogen functional groups attached to an aromatic ring is 1. The lowest BCUT2D eigenvalue weighted by atomic mass is 10.2. The Kier molecular flexibility index (Phi) is 3.94. The first-order valence-electron chi connectivity index (χ1n) is 6.64. The third kappa shape index (κ3) is 3.09. The molecule has 0 saturated carbocycles. The van der Waals surface area contributed by atoms with E-state index in [1.807, 2.05) is 12.3 Å². The predicted molar refractivity (Wildman–Crippen MR) is 86.4 cm³/mol. The van der Waals surface area contributed by atoms with E-state index in [0.717, 1.165) is 29.0 Å². The molecule has 0 aliphatic rings. The van der Waals surface area contributed by atoms with Gasteiger partial charge in [-0.15, -0.1) is 11.3 Å². The first kappa shape index (κ1) is 13.7. The number of rotatable bonds is 5. The average Bonchev–Trinajstić information content (AvgIpc) is 2.88. The Morgan fingerprint density at radius 1 is 1.33 bits per heavy atom. The maximum Gasteiger partial charge on any atom is 0.240 e. The van der Waals surface area contributed by atoms with E-state index < -0.39 is 0 Å². The van der Waals surface area contributed by atoms with Crippen LogP contribution in [0.15, 0.2) is 30.6 Å². The molecule has 4 N–H and O–H groups in total. The van der Waals surface area contributed by atoms with Crippen LogP contribution in [0.5, 0.6) is 0 Å². The lowest BCUT2D eigenvalue weighted by Crippen LogP contribution is -2.13. The lowest BCUT2D eigenvalue weighted by molar-refractivity contribution is 0.993. The third-order valence-electron chi connectivity index (χ3n) is 3.07. The summed E-state index contributed by atoms with van der Waals surface area (Å²) in [6.07, 6.45) is 4.53. The number of hydrazine groups is 1. The molecule has 0 bridgehead atoms. The van der Waals surface area contributed by atoms with Crippen LogP contribution in [0.3, 0.4) is 0 Å². The van der Waals surface area contributed by atoms with Gasteiger partial charge in [-0.25, -0.2) is 10.8 Å². The fourth-order valence-electron chi connectivity index (χ4n) is 2.11. The number of aryl methyl sites for hydroxylation is 1. The lowest BCUT2D eigenvalue weighted by Gasteiger charge is -2.08. The number of aromatic nitrogens is 3. The van der Waals surface area contributed by atoms with Crippen LogP contribution >= 0.6 is 11.3 Å². The van der Waals surface area contributed by atoms with E-state index in [1.165, 1.54) is 10.4 Å². The van der Waals surface area contributed by atoms with Crippen LogP contribution in [0.4, 0.5) is 11.8 Å². The van der Waals surface area contributed by atoms with Crippen LogP contribution in [0, 0.1) is 6.92 Å². The van der Waals surface area contributed by atoms with Crippen molar-refractivity contribution >= 4 is 33.3 Å². The summed E-state index contributed by atoms with van der Waals surface area (Å²) in [6, 6.07) is 6.09. The van der Waals surface area contributed by atoms with Crippen molar-refractivity contribution in [2.45, 2.75) is 13.3 Å². The van der Waals surface area contributed by atoms with Gasteiger partial charge < -0.3 is 5.32 Å². The minimum atomic E-state index is 0.424. The van der Waals surface area contributed by atoms with E-state index >= 15 is 0 Å². The molecule has 0 saturated heterocycles. The molecule has 0 unspecified atom stereocenters. The van der Waals surface area contributed by atoms with Gasteiger partial charge in [-0.3, -0.25) is 10.4 Å². The van der Waals surface area contributed by atoms with Gasteiger partial charge in [0.25, 0.3) is 0 Å². The highest BCUT2D eigenvalue weighted by molar-refractivity contribution is 7.18. The number of thiophene rings is 1. The van der Waals surface area contributed by atoms with Crippen molar-refractivity contribution in [1.29, 1.82) is 0 Å². The number of hydrogen-bond acceptors (Lipinski definition) is 7. The smallest absolute Gasteiger partial charge is 0.240 e. The second-order valence-corrected chi connectivity index (χ2v) is 5.89. The van der Waals surface area contributed by atoms with Crippen LogP contribution in [0.2, 0.25) is 0 Å². The Labute approximate surface area is 126 Å². The molecule has 0 radical (unpaired) electrons. The molecule has 108 valence electrons. The van der Waals surface area contributed by atoms with Gasteiger partial charge in [0.05, 0.1) is 5.39 Å². The van der Waals surface area contributed by atoms with Crippen molar-refractivity contribution in [2.24, 2.45) is 5.84 Å². The van der Waals surface area contributed by atoms with E-state index in [4.69, 9.17) is 5.84 Å². The first-order chi connectivity index (χ1) is 10.3. The fourth-order valence-corrected chi connectivity index (χ4v) is 2.99. The SMILES string of the molecule is Cc1cc2c(NCCc3cccnc3)nc(NN)nc2s1. The minimum absolute atomic E-state index is 0.424. The van der Waals surface area contributed by atoms with Gasteiger partial charge in [0.15, 0.2) is 0 Å². The molecule has 3 aromatic heterocycles. The quantitative estimate of drug-likeness (QED) is 0.495. The van der Waals surface area contributed by atoms with Crippen LogP contribution in [0.25, 0.3) is 10.2 Å². The third-order valence-corrected chi connectivity index (χ3v) is 4.02. The van der Waals surface area contributed by atoms with Crippen molar-refractivity contribution in [3.8, 4) is 0 Å². The zero-order valence-corrected chi connectivity index (χ0v) is 12.4. The van der Waals surface area contributed by atoms with Gasteiger partial charge in [0.1, 0.15) is 10.6 Å². The van der Waals surface area contributed by atoms with E-state index in [0.29, 0.717) is 5.95 Å². The molecule has 6 nitrogen and oxygen atoms in total. The summed E-state index contributed by atoms with van der Waals surface area (Å²) >= 11 is 1.63. The summed E-state index contributed by atoms with van der Waals surface area (Å²) in [4.78, 5) is 15.0. The molecule has 0 atom stereocenters. The number of fused-ring (bicyclic) bond motifs is 1. The molecule has 3 heterocycles. The molecule has 0 aliphatic carbocycles. The first-order valence-corrected chi connectivity index (χ1v) is 7.45. The standard InChI is InChI=1S/C14H16N6S/c1-9-7-11-12(18-14(20-15)19-13(11)21-9)17-6-4-10-3-2-5-16-8-10/h2-3,5,7-8H,4,6,15H2,1H3,(H2,17,18,19,20). The average molecular weight is 300 g/mol. The zero-order chi connectivity index (χ0) is 14.7. The van der Waals surface area contributed by atoms with E-state index in [1.54, 1.807) is 17.5 Å². The van der Waals surface area contributed by atoms with Crippen LogP contribution in [-0.4, -0.2) is 21.5 Å². The zero-order valence-electron chi connectivity index (χ0n) is 11.6. The summed E-state index contributed by atoms with van der Waals surface area (Å²) < 4.78 is 0. The Morgan fingerprint density at radius 3 is 3.00 bits per heavy atom. The molecular weight excluding hydrogens is 284 g/mol. The highest BCUT2D eigenvalue weighted by Gasteiger charge is 2.09. The molecule has 0 fully saturated rings. The Hall–Kier alpha value is -2.25. The summed E-state index contributed by atoms with van der Waals surface area (Å²) in [7, 11) is 0. The normalized spacial score (nSPS) is 10.8. The number of nitrogens with two attached hydrogens (primary N) is 1. The summed E-state index contributed by atoms with van der Waals surface area (Å²) in [5.41, 5.74) is 3.70. The van der Waals surface area contributed by atoms with E-state index in [9.17, 15) is 0 Å². The van der Waals surface area contributed by atoms with Gasteiger partial charge in [-0.1, -0.05) is 6.07 Å². The van der Waals surface area contributed by atoms with Gasteiger partial charge in [-0.05, 0) is 31.0 Å². The monoisotopic (exact) mass is 300 g/mol. The van der Waals surface area contributed by atoms with Crippen molar-refractivity contribution in [3.05, 3.63) is 41.0 Å². The maximum absolute atomic E-state index is 5.43. The van der Waals surface area contributed by atoms with Crippen LogP contribution in [-0.2, 0) is 6.42 Å². The number of nitrogens with one attached hydrogen (secondary N) is 2. The van der Waals surface area contributed by atoms with E-state index in [-0.39, 0.29) is 0 Å². The Balaban J connectivity index is 1.79. The maximum atomic E-state index is 5.43. The van der Waals surface area contributed by atoms with E-state index in [2.05, 4.69) is 44.8 Å². The summed E-state index contributed by atoms with van der Waals surface area (Å²) in [5.74, 6) is 6.66. The number of nitrogens with zero attached hydrogens (tertiary/aromatic N) is 3. The fraction of sp³-hybridized carbons (Fsp3) is 0.214. The topological polar surface area (TPSA) is 88.8 Å². The highest BCUT2D eigenvalue weighted by Crippen LogP contribution is 2.29. The van der Waals surface area contributed by atoms with Crippen LogP contribution in [0.1, 0.15) is 10.4 Å². The predicted octanol–water partition coefficient (Wildman–Crippen LogP) is 2.33. The summed E-state index contributed by atoms with van der Waals surface area (Å²) in [6.45, 7) is 2.83. The molecule has 7 heteroatoms. The Bertz CT molecular complexity index is 740. The van der Waals surface area contributed by atoms with Gasteiger partial charge in [-0.2, -0.15) is 4.98 Å². The van der Waals surface area contributed by atoms with Gasteiger partial charge in [0.2, 0.25) is 5.95 Å². The number of hydrogen-bond donors (Lipinski definition) is 3. The van der Waals surface area contributed by atoms with Crippen molar-refractivity contribution in [2.75, 3.05) is 17.3 Å². The number of anilines is 2. The summed E-state index contributed by atoms with van der Waals surface area (Å²) in [5, 5.41) is 4.39. The molecule has 0 spiro atoms. The van der Waals surface area contributed by atoms with Crippen molar-refractivity contribution < 1.29 is 0 Å². The second-order valence-electron chi connectivity index (χ2n) is 4.65. The highest BCUT2D eigenvalue weighted by atomic mass is 32.1. The number of pyridine rings is 1. The molecular formula is C14H16N6S. The van der Waals surface area contributed by atoms with Gasteiger partial charge in [0, 0.05) is 23.8 Å². The molecule has 3 aromatic rings. The molecule has 0 aliphatic heterocycles. The van der Waals surface area contributed by atoms with Crippen molar-refractivity contribution in [1.82, 2.24) is 15.0 Å². The van der Waals surface area contributed by atoms with Crippen molar-refractivity contribution in [3.63, 3.8) is 0 Å². The minimum Gasteiger partial charge on any atom is -0.369 e. The van der Waals surface area contributed by atoms with Crippen LogP contribution < -0.4 is 16.6 Å².